The normalized spacial score (nSPS) is 11.3. The van der Waals surface area contributed by atoms with Crippen molar-refractivity contribution in [1.82, 2.24) is 4.57 Å². The molecule has 2 nitrogen and oxygen atoms in total. The van der Waals surface area contributed by atoms with Gasteiger partial charge in [-0.05, 0) is 63.2 Å². The van der Waals surface area contributed by atoms with E-state index in [1.807, 2.05) is 0 Å². The zero-order valence-electron chi connectivity index (χ0n) is 13.1. The van der Waals surface area contributed by atoms with E-state index in [2.05, 4.69) is 49.6 Å². The van der Waals surface area contributed by atoms with E-state index < -0.39 is 0 Å². The number of aromatic nitrogens is 1. The van der Waals surface area contributed by atoms with Crippen molar-refractivity contribution in [2.24, 2.45) is 0 Å². The van der Waals surface area contributed by atoms with Crippen molar-refractivity contribution in [3.05, 3.63) is 65.6 Å². The predicted octanol–water partition coefficient (Wildman–Crippen LogP) is 5.25. The van der Waals surface area contributed by atoms with Crippen LogP contribution in [0.2, 0.25) is 0 Å². The van der Waals surface area contributed by atoms with Crippen LogP contribution >= 0.6 is 0 Å². The van der Waals surface area contributed by atoms with E-state index in [4.69, 9.17) is 4.74 Å². The highest BCUT2D eigenvalue weighted by Gasteiger charge is 2.12. The van der Waals surface area contributed by atoms with Crippen LogP contribution in [0.15, 0.2) is 48.5 Å². The SMILES string of the molecule is Cc1ccc2c(c1)cc(COc1ccc(F)cc1)n2C(C)C. The summed E-state index contributed by atoms with van der Waals surface area (Å²) in [5, 5.41) is 1.23. The van der Waals surface area contributed by atoms with Gasteiger partial charge in [0.25, 0.3) is 0 Å². The highest BCUT2D eigenvalue weighted by atomic mass is 19.1. The topological polar surface area (TPSA) is 14.2 Å². The largest absolute Gasteiger partial charge is 0.487 e. The van der Waals surface area contributed by atoms with Gasteiger partial charge >= 0.3 is 0 Å². The summed E-state index contributed by atoms with van der Waals surface area (Å²) in [6.07, 6.45) is 0. The molecule has 0 N–H and O–H groups in total. The van der Waals surface area contributed by atoms with Crippen molar-refractivity contribution in [3.8, 4) is 5.75 Å². The van der Waals surface area contributed by atoms with Crippen LogP contribution in [0.5, 0.6) is 5.75 Å². The Morgan fingerprint density at radius 1 is 1.05 bits per heavy atom. The van der Waals surface area contributed by atoms with E-state index in [-0.39, 0.29) is 5.82 Å². The van der Waals surface area contributed by atoms with Crippen LogP contribution < -0.4 is 4.74 Å². The van der Waals surface area contributed by atoms with Crippen molar-refractivity contribution >= 4 is 10.9 Å². The van der Waals surface area contributed by atoms with Crippen LogP contribution in [0.25, 0.3) is 10.9 Å². The molecule has 0 saturated heterocycles. The molecule has 3 rings (SSSR count). The van der Waals surface area contributed by atoms with Crippen LogP contribution in [-0.2, 0) is 6.61 Å². The van der Waals surface area contributed by atoms with Gasteiger partial charge < -0.3 is 9.30 Å². The molecular weight excluding hydrogens is 277 g/mol. The Bertz CT molecular complexity index is 787. The summed E-state index contributed by atoms with van der Waals surface area (Å²) in [5.74, 6) is 0.428. The molecular formula is C19H20FNO. The molecule has 0 saturated carbocycles. The number of rotatable bonds is 4. The minimum absolute atomic E-state index is 0.251. The lowest BCUT2D eigenvalue weighted by molar-refractivity contribution is 0.292. The van der Waals surface area contributed by atoms with Crippen molar-refractivity contribution in [2.75, 3.05) is 0 Å². The van der Waals surface area contributed by atoms with Gasteiger partial charge in [-0.25, -0.2) is 4.39 Å². The zero-order valence-corrected chi connectivity index (χ0v) is 13.1. The van der Waals surface area contributed by atoms with Gasteiger partial charge in [-0.1, -0.05) is 11.6 Å². The van der Waals surface area contributed by atoms with Gasteiger partial charge in [0, 0.05) is 16.9 Å². The molecule has 3 heteroatoms. The van der Waals surface area contributed by atoms with Gasteiger partial charge in [-0.2, -0.15) is 0 Å². The summed E-state index contributed by atoms with van der Waals surface area (Å²) in [5.41, 5.74) is 3.60. The third kappa shape index (κ3) is 2.84. The van der Waals surface area contributed by atoms with Crippen molar-refractivity contribution in [2.45, 2.75) is 33.4 Å². The predicted molar refractivity (Wildman–Crippen MR) is 87.8 cm³/mol. The smallest absolute Gasteiger partial charge is 0.128 e. The molecule has 114 valence electrons. The summed E-state index contributed by atoms with van der Waals surface area (Å²) in [4.78, 5) is 0. The molecule has 0 amide bonds. The number of aryl methyl sites for hydroxylation is 1. The van der Waals surface area contributed by atoms with Crippen molar-refractivity contribution in [1.29, 1.82) is 0 Å². The monoisotopic (exact) mass is 297 g/mol. The van der Waals surface area contributed by atoms with Gasteiger partial charge in [0.1, 0.15) is 18.2 Å². The molecule has 1 heterocycles. The highest BCUT2D eigenvalue weighted by Crippen LogP contribution is 2.26. The molecule has 0 aliphatic rings. The quantitative estimate of drug-likeness (QED) is 0.641. The average molecular weight is 297 g/mol. The average Bonchev–Trinajstić information content (AvgIpc) is 2.84. The maximum absolute atomic E-state index is 12.9. The van der Waals surface area contributed by atoms with E-state index in [9.17, 15) is 4.39 Å². The van der Waals surface area contributed by atoms with E-state index >= 15 is 0 Å². The molecule has 0 bridgehead atoms. The Hall–Kier alpha value is -2.29. The number of ether oxygens (including phenoxy) is 1. The second-order valence-electron chi connectivity index (χ2n) is 5.90. The van der Waals surface area contributed by atoms with Crippen LogP contribution in [-0.4, -0.2) is 4.57 Å². The Morgan fingerprint density at radius 3 is 2.45 bits per heavy atom. The zero-order chi connectivity index (χ0) is 15.7. The summed E-state index contributed by atoms with van der Waals surface area (Å²) < 4.78 is 21.0. The first-order chi connectivity index (χ1) is 10.5. The second-order valence-corrected chi connectivity index (χ2v) is 5.90. The molecule has 0 aliphatic carbocycles. The summed E-state index contributed by atoms with van der Waals surface area (Å²) in [7, 11) is 0. The van der Waals surface area contributed by atoms with Gasteiger partial charge in [-0.3, -0.25) is 0 Å². The van der Waals surface area contributed by atoms with Gasteiger partial charge in [-0.15, -0.1) is 0 Å². The van der Waals surface area contributed by atoms with E-state index in [0.717, 1.165) is 5.69 Å². The Morgan fingerprint density at radius 2 is 1.77 bits per heavy atom. The molecule has 0 fully saturated rings. The first kappa shape index (κ1) is 14.6. The molecule has 0 atom stereocenters. The molecule has 0 spiro atoms. The fourth-order valence-electron chi connectivity index (χ4n) is 2.82. The van der Waals surface area contributed by atoms with E-state index in [0.29, 0.717) is 18.4 Å². The van der Waals surface area contributed by atoms with Crippen LogP contribution in [0.3, 0.4) is 0 Å². The summed E-state index contributed by atoms with van der Waals surface area (Å²) >= 11 is 0. The number of fused-ring (bicyclic) bond motifs is 1. The number of nitrogens with zero attached hydrogens (tertiary/aromatic N) is 1. The van der Waals surface area contributed by atoms with Crippen LogP contribution in [0.1, 0.15) is 31.1 Å². The van der Waals surface area contributed by atoms with Gasteiger partial charge in [0.05, 0.1) is 5.69 Å². The molecule has 2 aromatic carbocycles. The summed E-state index contributed by atoms with van der Waals surface area (Å²) in [6.45, 7) is 6.90. The van der Waals surface area contributed by atoms with Gasteiger partial charge in [0.15, 0.2) is 0 Å². The molecule has 0 aliphatic heterocycles. The maximum Gasteiger partial charge on any atom is 0.128 e. The first-order valence-electron chi connectivity index (χ1n) is 7.53. The fourth-order valence-corrected chi connectivity index (χ4v) is 2.82. The van der Waals surface area contributed by atoms with E-state index in [1.54, 1.807) is 12.1 Å². The third-order valence-corrected chi connectivity index (χ3v) is 3.79. The number of hydrogen-bond acceptors (Lipinski definition) is 1. The number of halogens is 1. The molecule has 3 aromatic rings. The van der Waals surface area contributed by atoms with Crippen molar-refractivity contribution in [3.63, 3.8) is 0 Å². The molecule has 22 heavy (non-hydrogen) atoms. The second kappa shape index (κ2) is 5.84. The standard InChI is InChI=1S/C19H20FNO/c1-13(2)21-17(11-15-10-14(3)4-9-19(15)21)12-22-18-7-5-16(20)6-8-18/h4-11,13H,12H2,1-3H3. The molecule has 1 aromatic heterocycles. The fraction of sp³-hybridized carbons (Fsp3) is 0.263. The van der Waals surface area contributed by atoms with Crippen LogP contribution in [0.4, 0.5) is 4.39 Å². The van der Waals surface area contributed by atoms with Crippen molar-refractivity contribution < 1.29 is 9.13 Å². The number of hydrogen-bond donors (Lipinski definition) is 0. The molecule has 0 unspecified atom stereocenters. The minimum atomic E-state index is -0.251. The number of benzene rings is 2. The molecule has 0 radical (unpaired) electrons. The Balaban J connectivity index is 1.92. The minimum Gasteiger partial charge on any atom is -0.487 e. The third-order valence-electron chi connectivity index (χ3n) is 3.79. The maximum atomic E-state index is 12.9. The summed E-state index contributed by atoms with van der Waals surface area (Å²) in [6, 6.07) is 15.1. The van der Waals surface area contributed by atoms with Crippen LogP contribution in [0, 0.1) is 12.7 Å². The lowest BCUT2D eigenvalue weighted by Crippen LogP contribution is -2.08. The van der Waals surface area contributed by atoms with E-state index in [1.165, 1.54) is 28.6 Å². The van der Waals surface area contributed by atoms with Gasteiger partial charge in [0.2, 0.25) is 0 Å². The lowest BCUT2D eigenvalue weighted by atomic mass is 10.2. The highest BCUT2D eigenvalue weighted by molar-refractivity contribution is 5.82. The Kier molecular flexibility index (Phi) is 3.88. The lowest BCUT2D eigenvalue weighted by Gasteiger charge is -2.15. The first-order valence-corrected chi connectivity index (χ1v) is 7.53. The Labute approximate surface area is 130 Å².